The SMILES string of the molecule is CC(=O)Nc1ccc(NC(=O)CN2C(=O)N(Cc3ccc(F)cc3)C(=O)C3SC=CC32)cc1. The number of rotatable bonds is 6. The molecule has 0 spiro atoms. The molecule has 5 amide bonds. The van der Waals surface area contributed by atoms with E-state index in [0.717, 1.165) is 4.90 Å². The second kappa shape index (κ2) is 9.45. The third-order valence-corrected chi connectivity index (χ3v) is 6.30. The minimum atomic E-state index is -0.575. The molecule has 4 rings (SSSR count). The van der Waals surface area contributed by atoms with Crippen molar-refractivity contribution < 1.29 is 23.6 Å². The molecule has 0 saturated carbocycles. The van der Waals surface area contributed by atoms with E-state index in [9.17, 15) is 23.6 Å². The van der Waals surface area contributed by atoms with Crippen LogP contribution in [0.3, 0.4) is 0 Å². The van der Waals surface area contributed by atoms with Gasteiger partial charge in [0.05, 0.1) is 12.6 Å². The number of hydrogen-bond acceptors (Lipinski definition) is 5. The average molecular weight is 469 g/mol. The van der Waals surface area contributed by atoms with Gasteiger partial charge in [-0.25, -0.2) is 9.18 Å². The molecule has 2 aromatic carbocycles. The Kier molecular flexibility index (Phi) is 6.45. The second-order valence-electron chi connectivity index (χ2n) is 7.64. The molecular weight excluding hydrogens is 447 g/mol. The summed E-state index contributed by atoms with van der Waals surface area (Å²) in [4.78, 5) is 52.4. The Hall–Kier alpha value is -3.66. The lowest BCUT2D eigenvalue weighted by Gasteiger charge is -2.40. The van der Waals surface area contributed by atoms with Crippen LogP contribution in [0.15, 0.2) is 60.0 Å². The molecule has 2 aromatic rings. The summed E-state index contributed by atoms with van der Waals surface area (Å²) in [7, 11) is 0. The van der Waals surface area contributed by atoms with Gasteiger partial charge in [-0.1, -0.05) is 18.2 Å². The number of anilines is 2. The second-order valence-corrected chi connectivity index (χ2v) is 8.70. The summed E-state index contributed by atoms with van der Waals surface area (Å²) in [5, 5.41) is 6.60. The number of imide groups is 1. The largest absolute Gasteiger partial charge is 0.328 e. The summed E-state index contributed by atoms with van der Waals surface area (Å²) >= 11 is 1.30. The Labute approximate surface area is 193 Å². The number of benzene rings is 2. The van der Waals surface area contributed by atoms with Crippen LogP contribution in [0.2, 0.25) is 0 Å². The van der Waals surface area contributed by atoms with Crippen LogP contribution in [0, 0.1) is 5.82 Å². The van der Waals surface area contributed by atoms with Crippen LogP contribution in [0.25, 0.3) is 0 Å². The van der Waals surface area contributed by atoms with E-state index in [0.29, 0.717) is 16.9 Å². The number of carbonyl (C=O) groups is 4. The predicted octanol–water partition coefficient (Wildman–Crippen LogP) is 3.18. The van der Waals surface area contributed by atoms with Crippen LogP contribution >= 0.6 is 11.8 Å². The van der Waals surface area contributed by atoms with E-state index in [1.54, 1.807) is 35.7 Å². The fraction of sp³-hybridized carbons (Fsp3) is 0.217. The summed E-state index contributed by atoms with van der Waals surface area (Å²) in [6.45, 7) is 1.15. The fourth-order valence-electron chi connectivity index (χ4n) is 3.68. The highest BCUT2D eigenvalue weighted by atomic mass is 32.2. The van der Waals surface area contributed by atoms with Crippen molar-refractivity contribution in [1.29, 1.82) is 0 Å². The predicted molar refractivity (Wildman–Crippen MR) is 123 cm³/mol. The van der Waals surface area contributed by atoms with E-state index in [2.05, 4.69) is 10.6 Å². The topological polar surface area (TPSA) is 98.8 Å². The first kappa shape index (κ1) is 22.5. The number of hydrogen-bond donors (Lipinski definition) is 2. The summed E-state index contributed by atoms with van der Waals surface area (Å²) in [5.41, 5.74) is 1.71. The van der Waals surface area contributed by atoms with Gasteiger partial charge < -0.3 is 15.5 Å². The highest BCUT2D eigenvalue weighted by molar-refractivity contribution is 8.03. The molecule has 10 heteroatoms. The summed E-state index contributed by atoms with van der Waals surface area (Å²) in [6.07, 6.45) is 1.75. The molecule has 0 aliphatic carbocycles. The summed E-state index contributed by atoms with van der Waals surface area (Å²) in [6, 6.07) is 11.1. The third-order valence-electron chi connectivity index (χ3n) is 5.21. The average Bonchev–Trinajstić information content (AvgIpc) is 3.27. The molecule has 33 heavy (non-hydrogen) atoms. The van der Waals surface area contributed by atoms with Gasteiger partial charge in [0.2, 0.25) is 17.7 Å². The molecule has 2 aliphatic rings. The Morgan fingerprint density at radius 2 is 1.64 bits per heavy atom. The highest BCUT2D eigenvalue weighted by Gasteiger charge is 2.47. The fourth-order valence-corrected chi connectivity index (χ4v) is 4.74. The zero-order valence-electron chi connectivity index (χ0n) is 17.7. The third kappa shape index (κ3) is 5.06. The number of nitrogens with one attached hydrogen (secondary N) is 2. The molecule has 8 nitrogen and oxygen atoms in total. The zero-order valence-corrected chi connectivity index (χ0v) is 18.5. The lowest BCUT2D eigenvalue weighted by Crippen LogP contribution is -2.62. The van der Waals surface area contributed by atoms with E-state index in [4.69, 9.17) is 0 Å². The number of halogens is 1. The van der Waals surface area contributed by atoms with Gasteiger partial charge in [0.25, 0.3) is 0 Å². The number of thioether (sulfide) groups is 1. The lowest BCUT2D eigenvalue weighted by atomic mass is 10.1. The minimum Gasteiger partial charge on any atom is -0.326 e. The van der Waals surface area contributed by atoms with Gasteiger partial charge >= 0.3 is 6.03 Å². The molecule has 2 unspecified atom stereocenters. The van der Waals surface area contributed by atoms with Gasteiger partial charge in [0.1, 0.15) is 17.6 Å². The first-order valence-electron chi connectivity index (χ1n) is 10.2. The van der Waals surface area contributed by atoms with E-state index in [1.165, 1.54) is 47.9 Å². The van der Waals surface area contributed by atoms with Crippen molar-refractivity contribution in [2.45, 2.75) is 24.8 Å². The van der Waals surface area contributed by atoms with E-state index in [1.807, 2.05) is 0 Å². The number of amides is 5. The maximum absolute atomic E-state index is 13.2. The van der Waals surface area contributed by atoms with Crippen molar-refractivity contribution in [3.63, 3.8) is 0 Å². The Bertz CT molecular complexity index is 1120. The van der Waals surface area contributed by atoms with Gasteiger partial charge in [-0.3, -0.25) is 19.3 Å². The van der Waals surface area contributed by atoms with E-state index < -0.39 is 29.0 Å². The van der Waals surface area contributed by atoms with Gasteiger partial charge in [-0.05, 0) is 47.4 Å². The quantitative estimate of drug-likeness (QED) is 0.679. The van der Waals surface area contributed by atoms with Crippen LogP contribution in [0.5, 0.6) is 0 Å². The first-order chi connectivity index (χ1) is 15.8. The molecule has 1 fully saturated rings. The van der Waals surface area contributed by atoms with Crippen LogP contribution < -0.4 is 10.6 Å². The molecule has 0 aromatic heterocycles. The first-order valence-corrected chi connectivity index (χ1v) is 11.1. The van der Waals surface area contributed by atoms with E-state index >= 15 is 0 Å². The normalized spacial score (nSPS) is 19.5. The van der Waals surface area contributed by atoms with Gasteiger partial charge in [0, 0.05) is 18.3 Å². The van der Waals surface area contributed by atoms with Crippen LogP contribution in [0.4, 0.5) is 20.6 Å². The Morgan fingerprint density at radius 3 is 2.27 bits per heavy atom. The molecule has 2 N–H and O–H groups in total. The molecule has 170 valence electrons. The van der Waals surface area contributed by atoms with Crippen LogP contribution in [-0.2, 0) is 20.9 Å². The number of carbonyl (C=O) groups excluding carboxylic acids is 4. The van der Waals surface area contributed by atoms with Crippen LogP contribution in [-0.4, -0.2) is 51.4 Å². The maximum atomic E-state index is 13.2. The molecule has 0 radical (unpaired) electrons. The molecule has 2 heterocycles. The molecule has 2 atom stereocenters. The molecule has 2 aliphatic heterocycles. The van der Waals surface area contributed by atoms with Gasteiger partial charge in [-0.2, -0.15) is 0 Å². The standard InChI is InChI=1S/C23H21FN4O4S/c1-14(29)25-17-6-8-18(9-7-17)26-20(30)13-27-19-10-11-33-21(19)22(31)28(23(27)32)12-15-2-4-16(24)5-3-15/h2-11,19,21H,12-13H2,1H3,(H,25,29)(H,26,30). The number of nitrogens with zero attached hydrogens (tertiary/aromatic N) is 2. The maximum Gasteiger partial charge on any atom is 0.328 e. The van der Waals surface area contributed by atoms with Crippen molar-refractivity contribution in [3.8, 4) is 0 Å². The highest BCUT2D eigenvalue weighted by Crippen LogP contribution is 2.35. The van der Waals surface area contributed by atoms with Crippen molar-refractivity contribution in [2.24, 2.45) is 0 Å². The minimum absolute atomic E-state index is 0.00947. The van der Waals surface area contributed by atoms with E-state index in [-0.39, 0.29) is 24.9 Å². The summed E-state index contributed by atoms with van der Waals surface area (Å²) in [5.74, 6) is -1.37. The Balaban J connectivity index is 1.46. The summed E-state index contributed by atoms with van der Waals surface area (Å²) < 4.78 is 13.2. The monoisotopic (exact) mass is 468 g/mol. The van der Waals surface area contributed by atoms with Crippen molar-refractivity contribution in [2.75, 3.05) is 17.2 Å². The smallest absolute Gasteiger partial charge is 0.326 e. The Morgan fingerprint density at radius 1 is 1.00 bits per heavy atom. The molecule has 1 saturated heterocycles. The van der Waals surface area contributed by atoms with Gasteiger partial charge in [-0.15, -0.1) is 11.8 Å². The lowest BCUT2D eigenvalue weighted by molar-refractivity contribution is -0.133. The number of urea groups is 1. The number of fused-ring (bicyclic) bond motifs is 1. The van der Waals surface area contributed by atoms with Crippen molar-refractivity contribution in [1.82, 2.24) is 9.80 Å². The van der Waals surface area contributed by atoms with Crippen molar-refractivity contribution >= 4 is 46.9 Å². The van der Waals surface area contributed by atoms with Gasteiger partial charge in [0.15, 0.2) is 0 Å². The molecular formula is C23H21FN4O4S. The zero-order chi connectivity index (χ0) is 23.5. The molecule has 0 bridgehead atoms. The van der Waals surface area contributed by atoms with Crippen LogP contribution in [0.1, 0.15) is 12.5 Å². The van der Waals surface area contributed by atoms with Crippen molar-refractivity contribution in [3.05, 3.63) is 71.4 Å².